The van der Waals surface area contributed by atoms with Crippen molar-refractivity contribution in [3.8, 4) is 17.2 Å². The average Bonchev–Trinajstić information content (AvgIpc) is 2.85. The van der Waals surface area contributed by atoms with Crippen molar-refractivity contribution in [3.63, 3.8) is 0 Å². The van der Waals surface area contributed by atoms with Crippen LogP contribution >= 0.6 is 23.8 Å². The van der Waals surface area contributed by atoms with E-state index in [1.165, 1.54) is 51.4 Å². The number of phosphoric acid groups is 1. The first kappa shape index (κ1) is 37.5. The van der Waals surface area contributed by atoms with E-state index in [-0.39, 0.29) is 16.6 Å². The minimum atomic E-state index is -4.67. The number of unbranched alkanes of at least 4 members (excludes halogenated alkanes) is 9. The van der Waals surface area contributed by atoms with E-state index in [1.54, 1.807) is 18.2 Å². The molecule has 0 saturated heterocycles. The van der Waals surface area contributed by atoms with Gasteiger partial charge in [-0.2, -0.15) is 0 Å². The summed E-state index contributed by atoms with van der Waals surface area (Å²) in [5.74, 6) is 1.16. The van der Waals surface area contributed by atoms with Gasteiger partial charge in [-0.15, -0.1) is 0 Å². The van der Waals surface area contributed by atoms with E-state index in [9.17, 15) is 14.4 Å². The Morgan fingerprint density at radius 1 is 0.756 bits per heavy atom. The summed E-state index contributed by atoms with van der Waals surface area (Å²) >= 11 is 3.28. The zero-order valence-electron chi connectivity index (χ0n) is 26.3. The van der Waals surface area contributed by atoms with Gasteiger partial charge in [0.15, 0.2) is 0 Å². The normalized spacial score (nSPS) is 12.0. The van der Waals surface area contributed by atoms with Crippen molar-refractivity contribution < 1.29 is 28.7 Å². The molecular weight excluding hydrogens is 603 g/mol. The lowest BCUT2D eigenvalue weighted by molar-refractivity contribution is 0.276. The number of rotatable bonds is 15. The van der Waals surface area contributed by atoms with E-state index in [0.717, 1.165) is 34.9 Å². The van der Waals surface area contributed by atoms with Gasteiger partial charge in [-0.05, 0) is 41.0 Å². The van der Waals surface area contributed by atoms with Crippen LogP contribution in [0.25, 0.3) is 0 Å². The van der Waals surface area contributed by atoms with E-state index in [4.69, 9.17) is 14.4 Å². The molecule has 0 heterocycles. The topological polar surface area (TPSA) is 96.2 Å². The second-order valence-corrected chi connectivity index (χ2v) is 14.5. The molecule has 41 heavy (non-hydrogen) atoms. The first-order chi connectivity index (χ1) is 19.1. The molecule has 0 fully saturated rings. The van der Waals surface area contributed by atoms with Crippen molar-refractivity contribution in [3.05, 3.63) is 53.1 Å². The second-order valence-electron chi connectivity index (χ2n) is 12.8. The molecule has 0 radical (unpaired) electrons. The van der Waals surface area contributed by atoms with Crippen molar-refractivity contribution in [2.75, 3.05) is 6.61 Å². The number of phenols is 1. The number of hydrogen-bond donors (Lipinski definition) is 3. The highest BCUT2D eigenvalue weighted by atomic mass is 79.9. The molecule has 0 spiro atoms. The first-order valence-electron chi connectivity index (χ1n) is 15.0. The van der Waals surface area contributed by atoms with Crippen LogP contribution in [0, 0.1) is 0 Å². The smallest absolute Gasteiger partial charge is 0.508 e. The van der Waals surface area contributed by atoms with E-state index in [1.807, 2.05) is 39.0 Å². The van der Waals surface area contributed by atoms with Crippen LogP contribution in [0.15, 0.2) is 36.4 Å². The van der Waals surface area contributed by atoms with Crippen molar-refractivity contribution >= 4 is 23.8 Å². The van der Waals surface area contributed by atoms with Crippen LogP contribution in [-0.2, 0) is 20.7 Å². The molecule has 0 unspecified atom stereocenters. The second kappa shape index (κ2) is 18.2. The Kier molecular flexibility index (Phi) is 16.6. The Morgan fingerprint density at radius 2 is 1.27 bits per heavy atom. The fourth-order valence-corrected chi connectivity index (χ4v) is 5.22. The molecular formula is C33H54BrO6P. The van der Waals surface area contributed by atoms with Gasteiger partial charge in [0, 0.05) is 22.5 Å². The Morgan fingerprint density at radius 3 is 1.71 bits per heavy atom. The molecule has 3 N–H and O–H groups in total. The molecule has 0 saturated carbocycles. The number of alkyl halides is 1. The fraction of sp³-hybridized carbons (Fsp3) is 0.636. The molecule has 2 aromatic rings. The third kappa shape index (κ3) is 16.0. The van der Waals surface area contributed by atoms with Crippen molar-refractivity contribution in [2.24, 2.45) is 0 Å². The van der Waals surface area contributed by atoms with Crippen LogP contribution in [0.5, 0.6) is 17.2 Å². The molecule has 0 amide bonds. The average molecular weight is 658 g/mol. The zero-order chi connectivity index (χ0) is 31.1. The van der Waals surface area contributed by atoms with E-state index >= 15 is 0 Å². The standard InChI is InChI=1S/C26H47O5P.C7H7BrO/c1-8-9-10-11-12-13-14-15-16-17-18-30-23-20-24(31-32(27,28)29)22(26(5,6)7)19-21(23)25(2,3)4;8-5-6-2-1-3-7(9)4-6/h19-20H,8-18H2,1-7H3,(H2,27,28,29);1-4,9H,5H2. The SMILES string of the molecule is CCCCCCCCCCCCOc1cc(OP(=O)(O)O)c(C(C)(C)C)cc1C(C)(C)C.Oc1cccc(CBr)c1. The molecule has 2 aromatic carbocycles. The summed E-state index contributed by atoms with van der Waals surface area (Å²) < 4.78 is 22.8. The van der Waals surface area contributed by atoms with Crippen molar-refractivity contribution in [1.29, 1.82) is 0 Å². The monoisotopic (exact) mass is 656 g/mol. The summed E-state index contributed by atoms with van der Waals surface area (Å²) in [6.45, 7) is 15.2. The van der Waals surface area contributed by atoms with E-state index in [0.29, 0.717) is 18.1 Å². The number of phosphoric ester groups is 1. The molecule has 0 aromatic heterocycles. The Labute approximate surface area is 257 Å². The molecule has 0 bridgehead atoms. The Hall–Kier alpha value is -1.53. The predicted octanol–water partition coefficient (Wildman–Crippen LogP) is 10.3. The number of ether oxygens (including phenoxy) is 1. The Bertz CT molecular complexity index is 1070. The van der Waals surface area contributed by atoms with Gasteiger partial charge < -0.3 is 14.4 Å². The third-order valence-electron chi connectivity index (χ3n) is 6.74. The molecule has 0 aliphatic heterocycles. The summed E-state index contributed by atoms with van der Waals surface area (Å²) in [5, 5.41) is 9.72. The quantitative estimate of drug-likeness (QED) is 0.100. The number of halogens is 1. The van der Waals surface area contributed by atoms with Crippen LogP contribution in [0.4, 0.5) is 0 Å². The lowest BCUT2D eigenvalue weighted by Gasteiger charge is -2.29. The number of hydrogen-bond acceptors (Lipinski definition) is 4. The maximum atomic E-state index is 11.6. The molecule has 0 aliphatic carbocycles. The van der Waals surface area contributed by atoms with Crippen LogP contribution < -0.4 is 9.26 Å². The maximum absolute atomic E-state index is 11.6. The van der Waals surface area contributed by atoms with Gasteiger partial charge in [0.2, 0.25) is 0 Å². The predicted molar refractivity (Wildman–Crippen MR) is 175 cm³/mol. The lowest BCUT2D eigenvalue weighted by Crippen LogP contribution is -2.19. The van der Waals surface area contributed by atoms with Crippen molar-refractivity contribution in [1.82, 2.24) is 0 Å². The lowest BCUT2D eigenvalue weighted by atomic mass is 9.79. The number of benzene rings is 2. The highest BCUT2D eigenvalue weighted by Gasteiger charge is 2.29. The molecule has 8 heteroatoms. The van der Waals surface area contributed by atoms with Gasteiger partial charge in [-0.3, -0.25) is 9.79 Å². The van der Waals surface area contributed by atoms with Crippen molar-refractivity contribution in [2.45, 2.75) is 129 Å². The molecule has 0 atom stereocenters. The first-order valence-corrected chi connectivity index (χ1v) is 17.6. The summed E-state index contributed by atoms with van der Waals surface area (Å²) in [6.07, 6.45) is 12.6. The van der Waals surface area contributed by atoms with Gasteiger partial charge in [0.05, 0.1) is 6.61 Å². The van der Waals surface area contributed by atoms with Gasteiger partial charge >= 0.3 is 7.82 Å². The zero-order valence-corrected chi connectivity index (χ0v) is 28.8. The van der Waals surface area contributed by atoms with Crippen LogP contribution in [0.3, 0.4) is 0 Å². The molecule has 2 rings (SSSR count). The molecule has 6 nitrogen and oxygen atoms in total. The third-order valence-corrected chi connectivity index (χ3v) is 7.82. The van der Waals surface area contributed by atoms with E-state index in [2.05, 4.69) is 43.6 Å². The highest BCUT2D eigenvalue weighted by molar-refractivity contribution is 9.08. The Balaban J connectivity index is 0.000000787. The largest absolute Gasteiger partial charge is 0.524 e. The fourth-order valence-electron chi connectivity index (χ4n) is 4.47. The molecule has 0 aliphatic rings. The highest BCUT2D eigenvalue weighted by Crippen LogP contribution is 2.46. The number of phenolic OH excluding ortho intramolecular Hbond substituents is 1. The van der Waals surface area contributed by atoms with Gasteiger partial charge in [-0.25, -0.2) is 4.57 Å². The summed E-state index contributed by atoms with van der Waals surface area (Å²) in [6, 6.07) is 10.8. The summed E-state index contributed by atoms with van der Waals surface area (Å²) in [4.78, 5) is 18.8. The number of aromatic hydroxyl groups is 1. The minimum absolute atomic E-state index is 0.173. The summed E-state index contributed by atoms with van der Waals surface area (Å²) in [5.41, 5.74) is 2.37. The van der Waals surface area contributed by atoms with E-state index < -0.39 is 7.82 Å². The minimum Gasteiger partial charge on any atom is -0.508 e. The van der Waals surface area contributed by atoms with Crippen LogP contribution in [-0.4, -0.2) is 21.5 Å². The van der Waals surface area contributed by atoms with Gasteiger partial charge in [-0.1, -0.05) is 134 Å². The van der Waals surface area contributed by atoms with Gasteiger partial charge in [0.25, 0.3) is 0 Å². The maximum Gasteiger partial charge on any atom is 0.524 e. The summed E-state index contributed by atoms with van der Waals surface area (Å²) in [7, 11) is -4.67. The van der Waals surface area contributed by atoms with Crippen LogP contribution in [0.2, 0.25) is 0 Å². The van der Waals surface area contributed by atoms with Crippen LogP contribution in [0.1, 0.15) is 129 Å². The molecule has 234 valence electrons. The van der Waals surface area contributed by atoms with Gasteiger partial charge in [0.1, 0.15) is 17.2 Å².